The molecule has 0 radical (unpaired) electrons. The van der Waals surface area contributed by atoms with Crippen LogP contribution in [-0.4, -0.2) is 71.6 Å². The molecular formula is C17H27N3O4. The molecule has 0 spiro atoms. The highest BCUT2D eigenvalue weighted by molar-refractivity contribution is 5.74. The molecule has 134 valence electrons. The van der Waals surface area contributed by atoms with Gasteiger partial charge in [-0.05, 0) is 18.6 Å². The Morgan fingerprint density at radius 1 is 1.12 bits per heavy atom. The van der Waals surface area contributed by atoms with Crippen molar-refractivity contribution in [1.29, 1.82) is 0 Å². The van der Waals surface area contributed by atoms with Gasteiger partial charge in [-0.25, -0.2) is 4.79 Å². The number of carbonyl (C=O) groups is 1. The maximum absolute atomic E-state index is 12.1. The number of nitrogens with zero attached hydrogens (tertiary/aromatic N) is 2. The van der Waals surface area contributed by atoms with E-state index in [-0.39, 0.29) is 6.03 Å². The van der Waals surface area contributed by atoms with Crippen LogP contribution in [0.5, 0.6) is 11.5 Å². The summed E-state index contributed by atoms with van der Waals surface area (Å²) in [5.41, 5.74) is 0.997. The highest BCUT2D eigenvalue weighted by atomic mass is 16.5. The van der Waals surface area contributed by atoms with Crippen LogP contribution in [0.15, 0.2) is 18.2 Å². The quantitative estimate of drug-likeness (QED) is 0.765. The monoisotopic (exact) mass is 337 g/mol. The Morgan fingerprint density at radius 3 is 2.50 bits per heavy atom. The van der Waals surface area contributed by atoms with Crippen LogP contribution in [-0.2, 0) is 4.74 Å². The molecule has 1 N–H and O–H groups in total. The lowest BCUT2D eigenvalue weighted by Gasteiger charge is -2.36. The van der Waals surface area contributed by atoms with Crippen molar-refractivity contribution in [2.75, 3.05) is 65.6 Å². The third kappa shape index (κ3) is 4.67. The fourth-order valence-corrected chi connectivity index (χ4v) is 2.72. The van der Waals surface area contributed by atoms with Crippen LogP contribution in [0.1, 0.15) is 6.42 Å². The Hall–Kier alpha value is -2.15. The molecule has 2 amide bonds. The highest BCUT2D eigenvalue weighted by Crippen LogP contribution is 2.32. The molecule has 0 aromatic heterocycles. The van der Waals surface area contributed by atoms with Gasteiger partial charge in [0.15, 0.2) is 0 Å². The van der Waals surface area contributed by atoms with Crippen LogP contribution in [0.2, 0.25) is 0 Å². The number of amides is 2. The first-order chi connectivity index (χ1) is 11.7. The molecule has 0 aliphatic carbocycles. The van der Waals surface area contributed by atoms with Gasteiger partial charge in [-0.2, -0.15) is 0 Å². The second-order valence-electron chi connectivity index (χ2n) is 5.59. The number of carbonyl (C=O) groups excluding carboxylic acids is 1. The fraction of sp³-hybridized carbons (Fsp3) is 0.588. The minimum atomic E-state index is -0.0108. The summed E-state index contributed by atoms with van der Waals surface area (Å²) >= 11 is 0. The average Bonchev–Trinajstić information content (AvgIpc) is 2.64. The van der Waals surface area contributed by atoms with E-state index in [1.807, 2.05) is 23.1 Å². The largest absolute Gasteiger partial charge is 0.497 e. The Balaban J connectivity index is 1.89. The summed E-state index contributed by atoms with van der Waals surface area (Å²) in [7, 11) is 4.97. The van der Waals surface area contributed by atoms with Gasteiger partial charge in [0.2, 0.25) is 0 Å². The van der Waals surface area contributed by atoms with Crippen LogP contribution in [0.25, 0.3) is 0 Å². The van der Waals surface area contributed by atoms with Crippen LogP contribution < -0.4 is 19.7 Å². The minimum Gasteiger partial charge on any atom is -0.497 e. The topological polar surface area (TPSA) is 63.3 Å². The zero-order valence-corrected chi connectivity index (χ0v) is 14.7. The molecule has 1 fully saturated rings. The molecule has 7 heteroatoms. The first-order valence-electron chi connectivity index (χ1n) is 8.18. The van der Waals surface area contributed by atoms with E-state index in [9.17, 15) is 4.79 Å². The van der Waals surface area contributed by atoms with Crippen molar-refractivity contribution < 1.29 is 19.0 Å². The van der Waals surface area contributed by atoms with Crippen molar-refractivity contribution >= 4 is 11.7 Å². The van der Waals surface area contributed by atoms with Crippen LogP contribution in [0, 0.1) is 0 Å². The van der Waals surface area contributed by atoms with Crippen molar-refractivity contribution in [3.05, 3.63) is 18.2 Å². The maximum atomic E-state index is 12.1. The molecule has 1 saturated heterocycles. The zero-order valence-electron chi connectivity index (χ0n) is 14.7. The Bertz CT molecular complexity index is 531. The highest BCUT2D eigenvalue weighted by Gasteiger charge is 2.23. The Morgan fingerprint density at radius 2 is 1.88 bits per heavy atom. The first kappa shape index (κ1) is 18.2. The number of rotatable bonds is 7. The van der Waals surface area contributed by atoms with Gasteiger partial charge in [0.1, 0.15) is 11.5 Å². The third-order valence-electron chi connectivity index (χ3n) is 4.10. The zero-order chi connectivity index (χ0) is 17.4. The van der Waals surface area contributed by atoms with E-state index in [2.05, 4.69) is 10.2 Å². The van der Waals surface area contributed by atoms with Gasteiger partial charge >= 0.3 is 6.03 Å². The SMILES string of the molecule is COCCCNC(=O)N1CCN(c2cc(OC)ccc2OC)CC1. The van der Waals surface area contributed by atoms with Crippen LogP contribution >= 0.6 is 0 Å². The summed E-state index contributed by atoms with van der Waals surface area (Å²) in [4.78, 5) is 16.2. The molecule has 1 heterocycles. The van der Waals surface area contributed by atoms with Gasteiger partial charge in [0.05, 0.1) is 19.9 Å². The number of methoxy groups -OCH3 is 3. The molecule has 1 aromatic rings. The number of urea groups is 1. The molecule has 0 saturated carbocycles. The van der Waals surface area contributed by atoms with Crippen molar-refractivity contribution in [1.82, 2.24) is 10.2 Å². The Kier molecular flexibility index (Phi) is 6.99. The number of hydrogen-bond donors (Lipinski definition) is 1. The summed E-state index contributed by atoms with van der Waals surface area (Å²) in [5.74, 6) is 1.61. The summed E-state index contributed by atoms with van der Waals surface area (Å²) in [5, 5.41) is 2.93. The number of ether oxygens (including phenoxy) is 3. The number of piperazine rings is 1. The molecule has 1 aliphatic heterocycles. The number of benzene rings is 1. The van der Waals surface area contributed by atoms with Gasteiger partial charge in [-0.1, -0.05) is 0 Å². The van der Waals surface area contributed by atoms with Crippen molar-refractivity contribution in [2.24, 2.45) is 0 Å². The van der Waals surface area contributed by atoms with E-state index < -0.39 is 0 Å². The molecule has 1 aromatic carbocycles. The first-order valence-corrected chi connectivity index (χ1v) is 8.18. The van der Waals surface area contributed by atoms with E-state index in [0.717, 1.165) is 36.7 Å². The average molecular weight is 337 g/mol. The molecule has 2 rings (SSSR count). The molecule has 7 nitrogen and oxygen atoms in total. The van der Waals surface area contributed by atoms with E-state index >= 15 is 0 Å². The van der Waals surface area contributed by atoms with E-state index in [0.29, 0.717) is 26.2 Å². The fourth-order valence-electron chi connectivity index (χ4n) is 2.72. The van der Waals surface area contributed by atoms with Gasteiger partial charge in [0, 0.05) is 52.5 Å². The summed E-state index contributed by atoms with van der Waals surface area (Å²) in [6.07, 6.45) is 0.823. The van der Waals surface area contributed by atoms with Gasteiger partial charge in [-0.3, -0.25) is 0 Å². The standard InChI is InChI=1S/C17H27N3O4/c1-22-12-4-7-18-17(21)20-10-8-19(9-11-20)15-13-14(23-2)5-6-16(15)24-3/h5-6,13H,4,7-12H2,1-3H3,(H,18,21). The van der Waals surface area contributed by atoms with Crippen LogP contribution in [0.4, 0.5) is 10.5 Å². The van der Waals surface area contributed by atoms with Gasteiger partial charge < -0.3 is 29.3 Å². The predicted octanol–water partition coefficient (Wildman–Crippen LogP) is 1.57. The second-order valence-corrected chi connectivity index (χ2v) is 5.59. The molecule has 24 heavy (non-hydrogen) atoms. The van der Waals surface area contributed by atoms with Gasteiger partial charge in [0.25, 0.3) is 0 Å². The molecule has 1 aliphatic rings. The van der Waals surface area contributed by atoms with E-state index in [4.69, 9.17) is 14.2 Å². The number of hydrogen-bond acceptors (Lipinski definition) is 5. The second kappa shape index (κ2) is 9.22. The van der Waals surface area contributed by atoms with E-state index in [1.54, 1.807) is 21.3 Å². The van der Waals surface area contributed by atoms with Crippen molar-refractivity contribution in [3.8, 4) is 11.5 Å². The molecule has 0 bridgehead atoms. The molecule has 0 atom stereocenters. The lowest BCUT2D eigenvalue weighted by atomic mass is 10.2. The normalized spacial score (nSPS) is 14.5. The van der Waals surface area contributed by atoms with Gasteiger partial charge in [-0.15, -0.1) is 0 Å². The number of nitrogens with one attached hydrogen (secondary N) is 1. The van der Waals surface area contributed by atoms with Crippen molar-refractivity contribution in [2.45, 2.75) is 6.42 Å². The predicted molar refractivity (Wildman–Crippen MR) is 93.2 cm³/mol. The van der Waals surface area contributed by atoms with Crippen molar-refractivity contribution in [3.63, 3.8) is 0 Å². The number of anilines is 1. The summed E-state index contributed by atoms with van der Waals surface area (Å²) in [6.45, 7) is 4.16. The Labute approximate surface area is 143 Å². The summed E-state index contributed by atoms with van der Waals surface area (Å²) in [6, 6.07) is 5.75. The maximum Gasteiger partial charge on any atom is 0.317 e. The molecule has 0 unspecified atom stereocenters. The smallest absolute Gasteiger partial charge is 0.317 e. The lowest BCUT2D eigenvalue weighted by molar-refractivity contribution is 0.183. The lowest BCUT2D eigenvalue weighted by Crippen LogP contribution is -2.52. The van der Waals surface area contributed by atoms with Crippen LogP contribution in [0.3, 0.4) is 0 Å². The third-order valence-corrected chi connectivity index (χ3v) is 4.10. The molecular weight excluding hydrogens is 310 g/mol. The van der Waals surface area contributed by atoms with E-state index in [1.165, 1.54) is 0 Å². The minimum absolute atomic E-state index is 0.0108. The summed E-state index contributed by atoms with van der Waals surface area (Å²) < 4.78 is 15.7.